The molecule has 6 heteroatoms. The predicted octanol–water partition coefficient (Wildman–Crippen LogP) is 7.10. The van der Waals surface area contributed by atoms with Crippen LogP contribution in [0.25, 0.3) is 11.1 Å². The van der Waals surface area contributed by atoms with Crippen LogP contribution in [0.3, 0.4) is 0 Å². The standard InChI is InChI=1S/C22H17S2.C6H6O3S/c1-4-10-18(11-5-1)19-16-22(23-17-19)24(20-12-6-2-7-13-20)21-14-8-3-9-15-21;7-10(8,9)6-4-2-1-3-5-6/h1-17H;1-5H,(H,7,8,9)/q+1;/p-1. The van der Waals surface area contributed by atoms with E-state index in [-0.39, 0.29) is 15.8 Å². The topological polar surface area (TPSA) is 57.2 Å². The molecule has 0 spiro atoms. The number of benzene rings is 4. The molecule has 1 aromatic heterocycles. The third-order valence-corrected chi connectivity index (χ3v) is 9.24. The Labute approximate surface area is 207 Å². The van der Waals surface area contributed by atoms with Gasteiger partial charge in [0.1, 0.15) is 21.0 Å². The molecule has 0 unspecified atom stereocenters. The zero-order chi connectivity index (χ0) is 23.8. The van der Waals surface area contributed by atoms with Crippen LogP contribution in [-0.2, 0) is 21.0 Å². The highest BCUT2D eigenvalue weighted by atomic mass is 32.2. The van der Waals surface area contributed by atoms with Gasteiger partial charge in [0.25, 0.3) is 0 Å². The van der Waals surface area contributed by atoms with Gasteiger partial charge in [-0.05, 0) is 47.5 Å². The molecule has 5 rings (SSSR count). The molecule has 3 nitrogen and oxygen atoms in total. The van der Waals surface area contributed by atoms with E-state index in [1.807, 2.05) is 11.3 Å². The molecular formula is C28H22O3S3. The van der Waals surface area contributed by atoms with Gasteiger partial charge >= 0.3 is 0 Å². The Balaban J connectivity index is 0.000000231. The molecule has 0 aliphatic heterocycles. The first kappa shape index (κ1) is 24.0. The average Bonchev–Trinajstić information content (AvgIpc) is 3.36. The van der Waals surface area contributed by atoms with Crippen molar-refractivity contribution in [1.82, 2.24) is 0 Å². The van der Waals surface area contributed by atoms with E-state index in [0.29, 0.717) is 0 Å². The van der Waals surface area contributed by atoms with Gasteiger partial charge in [-0.3, -0.25) is 0 Å². The van der Waals surface area contributed by atoms with Crippen molar-refractivity contribution >= 4 is 32.3 Å². The summed E-state index contributed by atoms with van der Waals surface area (Å²) in [6, 6.07) is 41.8. The second-order valence-electron chi connectivity index (χ2n) is 7.22. The van der Waals surface area contributed by atoms with Gasteiger partial charge in [-0.2, -0.15) is 0 Å². The number of hydrogen-bond donors (Lipinski definition) is 0. The lowest BCUT2D eigenvalue weighted by Crippen LogP contribution is -2.02. The molecular weight excluding hydrogens is 481 g/mol. The van der Waals surface area contributed by atoms with E-state index in [9.17, 15) is 13.0 Å². The molecule has 34 heavy (non-hydrogen) atoms. The first-order valence-corrected chi connectivity index (χ1v) is 14.0. The summed E-state index contributed by atoms with van der Waals surface area (Å²) in [5.74, 6) is 0. The largest absolute Gasteiger partial charge is 0.744 e. The minimum Gasteiger partial charge on any atom is -0.744 e. The molecule has 0 saturated carbocycles. The minimum absolute atomic E-state index is 0.0491. The van der Waals surface area contributed by atoms with Crippen LogP contribution in [0.4, 0.5) is 0 Å². The molecule has 5 aromatic rings. The zero-order valence-corrected chi connectivity index (χ0v) is 20.6. The lowest BCUT2D eigenvalue weighted by atomic mass is 10.1. The van der Waals surface area contributed by atoms with Crippen molar-refractivity contribution < 1.29 is 13.0 Å². The van der Waals surface area contributed by atoms with Gasteiger partial charge in [0.15, 0.2) is 9.79 Å². The van der Waals surface area contributed by atoms with Crippen LogP contribution in [-0.4, -0.2) is 13.0 Å². The Morgan fingerprint density at radius 1 is 0.588 bits per heavy atom. The number of hydrogen-bond acceptors (Lipinski definition) is 4. The van der Waals surface area contributed by atoms with Crippen molar-refractivity contribution in [3.8, 4) is 11.1 Å². The van der Waals surface area contributed by atoms with Crippen LogP contribution in [0.1, 0.15) is 0 Å². The second-order valence-corrected chi connectivity index (χ2v) is 11.8. The third-order valence-electron chi connectivity index (χ3n) is 4.87. The first-order valence-electron chi connectivity index (χ1n) is 10.5. The molecule has 0 aliphatic rings. The lowest BCUT2D eigenvalue weighted by Gasteiger charge is -2.05. The van der Waals surface area contributed by atoms with Gasteiger partial charge in [-0.15, -0.1) is 0 Å². The quantitative estimate of drug-likeness (QED) is 0.190. The fraction of sp³-hybridized carbons (Fsp3) is 0. The van der Waals surface area contributed by atoms with Crippen molar-refractivity contribution in [2.45, 2.75) is 18.9 Å². The summed E-state index contributed by atoms with van der Waals surface area (Å²) in [5, 5.41) is 2.27. The Morgan fingerprint density at radius 3 is 1.47 bits per heavy atom. The molecule has 1 heterocycles. The zero-order valence-electron chi connectivity index (χ0n) is 18.2. The van der Waals surface area contributed by atoms with E-state index in [2.05, 4.69) is 102 Å². The SMILES string of the molecule is O=S(=O)([O-])c1ccccc1.c1ccc(-c2csc([S+](c3ccccc3)c3ccccc3)c2)cc1. The van der Waals surface area contributed by atoms with Crippen molar-refractivity contribution in [2.24, 2.45) is 0 Å². The van der Waals surface area contributed by atoms with Crippen LogP contribution < -0.4 is 0 Å². The molecule has 0 aliphatic carbocycles. The first-order chi connectivity index (χ1) is 16.5. The summed E-state index contributed by atoms with van der Waals surface area (Å²) in [6.45, 7) is 0. The number of rotatable bonds is 5. The summed E-state index contributed by atoms with van der Waals surface area (Å²) in [4.78, 5) is 2.55. The minimum atomic E-state index is -4.25. The van der Waals surface area contributed by atoms with Gasteiger partial charge in [0, 0.05) is 11.4 Å². The van der Waals surface area contributed by atoms with E-state index in [1.165, 1.54) is 49.4 Å². The van der Waals surface area contributed by atoms with Crippen molar-refractivity contribution in [1.29, 1.82) is 0 Å². The van der Waals surface area contributed by atoms with Gasteiger partial charge in [0.2, 0.25) is 4.21 Å². The summed E-state index contributed by atoms with van der Waals surface area (Å²) in [7, 11) is -4.30. The Hall–Kier alpha value is -3.16. The third kappa shape index (κ3) is 6.24. The number of thiophene rings is 1. The fourth-order valence-corrected chi connectivity index (χ4v) is 7.35. The van der Waals surface area contributed by atoms with Crippen LogP contribution in [0.15, 0.2) is 152 Å². The van der Waals surface area contributed by atoms with E-state index >= 15 is 0 Å². The maximum Gasteiger partial charge on any atom is 0.220 e. The molecule has 0 bridgehead atoms. The summed E-state index contributed by atoms with van der Waals surface area (Å²) in [6.07, 6.45) is 0. The van der Waals surface area contributed by atoms with Gasteiger partial charge in [0.05, 0.1) is 4.90 Å². The fourth-order valence-electron chi connectivity index (χ4n) is 3.27. The van der Waals surface area contributed by atoms with Crippen LogP contribution in [0.2, 0.25) is 0 Å². The lowest BCUT2D eigenvalue weighted by molar-refractivity contribution is 0.463. The highest BCUT2D eigenvalue weighted by Gasteiger charge is 2.30. The van der Waals surface area contributed by atoms with Crippen LogP contribution >= 0.6 is 11.3 Å². The average molecular weight is 503 g/mol. The van der Waals surface area contributed by atoms with E-state index in [4.69, 9.17) is 0 Å². The molecule has 170 valence electrons. The van der Waals surface area contributed by atoms with E-state index < -0.39 is 10.1 Å². The van der Waals surface area contributed by atoms with Crippen molar-refractivity contribution in [2.75, 3.05) is 0 Å². The molecule has 0 fully saturated rings. The smallest absolute Gasteiger partial charge is 0.220 e. The summed E-state index contributed by atoms with van der Waals surface area (Å²) < 4.78 is 32.2. The monoisotopic (exact) mass is 502 g/mol. The Morgan fingerprint density at radius 2 is 1.03 bits per heavy atom. The molecule has 0 atom stereocenters. The maximum atomic E-state index is 10.3. The Bertz CT molecular complexity index is 1360. The Kier molecular flexibility index (Phi) is 7.98. The second kappa shape index (κ2) is 11.3. The van der Waals surface area contributed by atoms with Gasteiger partial charge in [-0.1, -0.05) is 96.3 Å². The van der Waals surface area contributed by atoms with E-state index in [1.54, 1.807) is 6.07 Å². The maximum absolute atomic E-state index is 10.3. The van der Waals surface area contributed by atoms with Gasteiger partial charge < -0.3 is 4.55 Å². The molecule has 0 radical (unpaired) electrons. The highest BCUT2D eigenvalue weighted by Crippen LogP contribution is 2.37. The molecule has 4 aromatic carbocycles. The predicted molar refractivity (Wildman–Crippen MR) is 139 cm³/mol. The summed E-state index contributed by atoms with van der Waals surface area (Å²) >= 11 is 1.85. The summed E-state index contributed by atoms with van der Waals surface area (Å²) in [5.41, 5.74) is 2.59. The van der Waals surface area contributed by atoms with Gasteiger partial charge in [-0.25, -0.2) is 8.42 Å². The van der Waals surface area contributed by atoms with Crippen molar-refractivity contribution in [3.05, 3.63) is 133 Å². The van der Waals surface area contributed by atoms with Crippen LogP contribution in [0, 0.1) is 0 Å². The van der Waals surface area contributed by atoms with Crippen molar-refractivity contribution in [3.63, 3.8) is 0 Å². The van der Waals surface area contributed by atoms with Crippen LogP contribution in [0.5, 0.6) is 0 Å². The highest BCUT2D eigenvalue weighted by molar-refractivity contribution is 7.98. The molecule has 0 saturated heterocycles. The van der Waals surface area contributed by atoms with E-state index in [0.717, 1.165) is 0 Å². The normalized spacial score (nSPS) is 11.0. The molecule has 0 N–H and O–H groups in total. The molecule has 0 amide bonds.